The van der Waals surface area contributed by atoms with E-state index in [0.29, 0.717) is 5.75 Å². The van der Waals surface area contributed by atoms with Gasteiger partial charge in [-0.2, -0.15) is 0 Å². The van der Waals surface area contributed by atoms with Gasteiger partial charge in [-0.15, -0.1) is 11.3 Å². The Morgan fingerprint density at radius 3 is 2.43 bits per heavy atom. The van der Waals surface area contributed by atoms with E-state index in [4.69, 9.17) is 9.47 Å². The standard InChI is InChI=1S/C22H29NO4S/c1-3-5-6-7-8-9-10-17-11-13-18(14-12-17)27-15-20(24)21-23-19(16-28-21)22(25)26-4-2/h11-14,16H,3-10,15H2,1-2H3. The highest BCUT2D eigenvalue weighted by atomic mass is 32.1. The monoisotopic (exact) mass is 403 g/mol. The van der Waals surface area contributed by atoms with Crippen molar-refractivity contribution < 1.29 is 19.1 Å². The Morgan fingerprint density at radius 2 is 1.71 bits per heavy atom. The van der Waals surface area contributed by atoms with Gasteiger partial charge in [0.05, 0.1) is 6.61 Å². The minimum absolute atomic E-state index is 0.105. The van der Waals surface area contributed by atoms with Gasteiger partial charge < -0.3 is 9.47 Å². The second kappa shape index (κ2) is 12.3. The highest BCUT2D eigenvalue weighted by Crippen LogP contribution is 2.17. The molecule has 0 aliphatic carbocycles. The van der Waals surface area contributed by atoms with Crippen molar-refractivity contribution >= 4 is 23.1 Å². The number of nitrogens with zero attached hydrogens (tertiary/aromatic N) is 1. The number of Topliss-reactive ketones (excluding diaryl/α,β-unsaturated/α-hetero) is 1. The van der Waals surface area contributed by atoms with Crippen LogP contribution in [-0.2, 0) is 11.2 Å². The topological polar surface area (TPSA) is 65.5 Å². The molecule has 0 unspecified atom stereocenters. The van der Waals surface area contributed by atoms with Crippen LogP contribution < -0.4 is 4.74 Å². The summed E-state index contributed by atoms with van der Waals surface area (Å²) in [6.45, 7) is 4.13. The Morgan fingerprint density at radius 1 is 1.00 bits per heavy atom. The molecule has 0 spiro atoms. The van der Waals surface area contributed by atoms with Crippen LogP contribution in [0.2, 0.25) is 0 Å². The van der Waals surface area contributed by atoms with Gasteiger partial charge in [0.1, 0.15) is 5.75 Å². The van der Waals surface area contributed by atoms with Crippen molar-refractivity contribution in [3.63, 3.8) is 0 Å². The number of benzene rings is 1. The largest absolute Gasteiger partial charge is 0.485 e. The summed E-state index contributed by atoms with van der Waals surface area (Å²) in [6.07, 6.45) is 8.79. The molecular weight excluding hydrogens is 374 g/mol. The molecule has 0 atom stereocenters. The molecule has 1 aromatic carbocycles. The van der Waals surface area contributed by atoms with Gasteiger partial charge in [-0.05, 0) is 37.5 Å². The van der Waals surface area contributed by atoms with Crippen molar-refractivity contribution in [2.24, 2.45) is 0 Å². The molecule has 0 bridgehead atoms. The maximum Gasteiger partial charge on any atom is 0.357 e. The first-order valence-electron chi connectivity index (χ1n) is 10.0. The summed E-state index contributed by atoms with van der Waals surface area (Å²) in [5.41, 5.74) is 1.45. The quantitative estimate of drug-likeness (QED) is 0.251. The molecule has 28 heavy (non-hydrogen) atoms. The van der Waals surface area contributed by atoms with Gasteiger partial charge in [0.2, 0.25) is 5.78 Å². The number of ketones is 1. The van der Waals surface area contributed by atoms with Gasteiger partial charge in [-0.25, -0.2) is 9.78 Å². The van der Waals surface area contributed by atoms with Gasteiger partial charge in [-0.3, -0.25) is 4.79 Å². The Balaban J connectivity index is 1.73. The molecule has 0 saturated heterocycles. The Bertz CT molecular complexity index is 739. The lowest BCUT2D eigenvalue weighted by atomic mass is 10.0. The summed E-state index contributed by atoms with van der Waals surface area (Å²) in [6, 6.07) is 7.89. The molecule has 1 heterocycles. The average Bonchev–Trinajstić information content (AvgIpc) is 3.20. The van der Waals surface area contributed by atoms with E-state index in [1.165, 1.54) is 49.5 Å². The SMILES string of the molecule is CCCCCCCCc1ccc(OCC(=O)c2nc(C(=O)OCC)cs2)cc1. The van der Waals surface area contributed by atoms with Crippen molar-refractivity contribution in [1.82, 2.24) is 4.98 Å². The zero-order valence-electron chi connectivity index (χ0n) is 16.7. The van der Waals surface area contributed by atoms with Gasteiger partial charge >= 0.3 is 5.97 Å². The van der Waals surface area contributed by atoms with Gasteiger partial charge in [0.25, 0.3) is 0 Å². The first-order valence-corrected chi connectivity index (χ1v) is 10.9. The van der Waals surface area contributed by atoms with Crippen molar-refractivity contribution in [3.8, 4) is 5.75 Å². The second-order valence-corrected chi connectivity index (χ2v) is 7.49. The van der Waals surface area contributed by atoms with Crippen LogP contribution in [0.3, 0.4) is 0 Å². The molecule has 0 aliphatic rings. The first kappa shape index (κ1) is 22.1. The van der Waals surface area contributed by atoms with Crippen molar-refractivity contribution in [2.45, 2.75) is 58.8 Å². The van der Waals surface area contributed by atoms with Crippen LogP contribution in [0.1, 0.15) is 78.2 Å². The summed E-state index contributed by atoms with van der Waals surface area (Å²) < 4.78 is 10.4. The number of carbonyl (C=O) groups is 2. The Hall–Kier alpha value is -2.21. The fourth-order valence-corrected chi connectivity index (χ4v) is 3.49. The fourth-order valence-electron chi connectivity index (χ4n) is 2.77. The van der Waals surface area contributed by atoms with Crippen LogP contribution in [0, 0.1) is 0 Å². The van der Waals surface area contributed by atoms with Gasteiger partial charge in [0.15, 0.2) is 17.3 Å². The third-order valence-electron chi connectivity index (χ3n) is 4.34. The number of thiazole rings is 1. The summed E-state index contributed by atoms with van der Waals surface area (Å²) in [7, 11) is 0. The zero-order valence-corrected chi connectivity index (χ0v) is 17.6. The summed E-state index contributed by atoms with van der Waals surface area (Å²) >= 11 is 1.12. The van der Waals surface area contributed by atoms with Crippen LogP contribution in [0.15, 0.2) is 29.6 Å². The number of carbonyl (C=O) groups excluding carboxylic acids is 2. The van der Waals surface area contributed by atoms with Gasteiger partial charge in [0, 0.05) is 5.38 Å². The minimum Gasteiger partial charge on any atom is -0.485 e. The normalized spacial score (nSPS) is 10.6. The molecule has 1 aromatic heterocycles. The second-order valence-electron chi connectivity index (χ2n) is 6.63. The predicted octanol–water partition coefficient (Wildman–Crippen LogP) is 5.48. The molecule has 0 N–H and O–H groups in total. The summed E-state index contributed by atoms with van der Waals surface area (Å²) in [5.74, 6) is -0.112. The van der Waals surface area contributed by atoms with Crippen LogP contribution in [0.4, 0.5) is 0 Å². The molecule has 5 nitrogen and oxygen atoms in total. The Kier molecular flexibility index (Phi) is 9.69. The molecule has 0 aliphatic heterocycles. The molecule has 0 fully saturated rings. The molecule has 0 radical (unpaired) electrons. The summed E-state index contributed by atoms with van der Waals surface area (Å²) in [4.78, 5) is 27.8. The number of esters is 1. The van der Waals surface area contributed by atoms with Crippen molar-refractivity contribution in [1.29, 1.82) is 0 Å². The number of rotatable bonds is 13. The number of aromatic nitrogens is 1. The van der Waals surface area contributed by atoms with Crippen molar-refractivity contribution in [2.75, 3.05) is 13.2 Å². The fraction of sp³-hybridized carbons (Fsp3) is 0.500. The zero-order chi connectivity index (χ0) is 20.2. The van der Waals surface area contributed by atoms with E-state index in [9.17, 15) is 9.59 Å². The number of hydrogen-bond acceptors (Lipinski definition) is 6. The predicted molar refractivity (Wildman–Crippen MR) is 111 cm³/mol. The lowest BCUT2D eigenvalue weighted by molar-refractivity contribution is 0.0520. The minimum atomic E-state index is -0.514. The highest BCUT2D eigenvalue weighted by molar-refractivity contribution is 7.12. The maximum atomic E-state index is 12.2. The molecule has 0 saturated carbocycles. The van der Waals surface area contributed by atoms with E-state index >= 15 is 0 Å². The highest BCUT2D eigenvalue weighted by Gasteiger charge is 2.16. The van der Waals surface area contributed by atoms with E-state index in [-0.39, 0.29) is 29.7 Å². The van der Waals surface area contributed by atoms with E-state index < -0.39 is 5.97 Å². The number of unbranched alkanes of at least 4 members (excludes halogenated alkanes) is 5. The third-order valence-corrected chi connectivity index (χ3v) is 5.22. The molecule has 0 amide bonds. The number of hydrogen-bond donors (Lipinski definition) is 0. The van der Waals surface area contributed by atoms with Gasteiger partial charge in [-0.1, -0.05) is 51.2 Å². The van der Waals surface area contributed by atoms with Crippen LogP contribution in [-0.4, -0.2) is 30.0 Å². The molecule has 2 aromatic rings. The molecule has 6 heteroatoms. The molecule has 152 valence electrons. The van der Waals surface area contributed by atoms with E-state index in [0.717, 1.165) is 17.8 Å². The smallest absolute Gasteiger partial charge is 0.357 e. The third kappa shape index (κ3) is 7.43. The van der Waals surface area contributed by atoms with Crippen molar-refractivity contribution in [3.05, 3.63) is 45.9 Å². The molecule has 2 rings (SSSR count). The first-order chi connectivity index (χ1) is 13.6. The lowest BCUT2D eigenvalue weighted by Gasteiger charge is -2.06. The van der Waals surface area contributed by atoms with Crippen LogP contribution >= 0.6 is 11.3 Å². The Labute approximate surface area is 171 Å². The molecular formula is C22H29NO4S. The van der Waals surface area contributed by atoms with E-state index in [2.05, 4.69) is 11.9 Å². The average molecular weight is 404 g/mol. The van der Waals surface area contributed by atoms with Crippen LogP contribution in [0.5, 0.6) is 5.75 Å². The van der Waals surface area contributed by atoms with Crippen LogP contribution in [0.25, 0.3) is 0 Å². The lowest BCUT2D eigenvalue weighted by Crippen LogP contribution is -2.12. The van der Waals surface area contributed by atoms with E-state index in [1.54, 1.807) is 6.92 Å². The van der Waals surface area contributed by atoms with E-state index in [1.807, 2.05) is 24.3 Å². The maximum absolute atomic E-state index is 12.2. The number of ether oxygens (including phenoxy) is 2. The number of aryl methyl sites for hydroxylation is 1. The summed E-state index contributed by atoms with van der Waals surface area (Å²) in [5, 5.41) is 1.78.